The molecule has 0 bridgehead atoms. The van der Waals surface area contributed by atoms with Crippen LogP contribution in [0, 0.1) is 12.7 Å². The number of rotatable bonds is 1. The molecule has 114 valence electrons. The van der Waals surface area contributed by atoms with E-state index in [0.717, 1.165) is 12.3 Å². The van der Waals surface area contributed by atoms with Crippen molar-refractivity contribution in [1.82, 2.24) is 14.5 Å². The highest BCUT2D eigenvalue weighted by Crippen LogP contribution is 2.32. The third-order valence-corrected chi connectivity index (χ3v) is 3.47. The van der Waals surface area contributed by atoms with Gasteiger partial charge in [-0.3, -0.25) is 0 Å². The van der Waals surface area contributed by atoms with Crippen molar-refractivity contribution in [2.24, 2.45) is 7.05 Å². The van der Waals surface area contributed by atoms with E-state index in [1.54, 1.807) is 26.1 Å². The summed E-state index contributed by atoms with van der Waals surface area (Å²) in [5.41, 5.74) is 0.133. The molecule has 0 spiro atoms. The van der Waals surface area contributed by atoms with Crippen molar-refractivity contribution in [3.8, 4) is 11.4 Å². The second-order valence-corrected chi connectivity index (χ2v) is 5.00. The van der Waals surface area contributed by atoms with E-state index in [9.17, 15) is 17.6 Å². The Balaban J connectivity index is 2.24. The Morgan fingerprint density at radius 2 is 1.91 bits per heavy atom. The van der Waals surface area contributed by atoms with E-state index in [1.165, 1.54) is 10.6 Å². The lowest BCUT2D eigenvalue weighted by Gasteiger charge is -2.06. The standard InChI is InChI=1S/C15H11F4N3/c1-8-4-3-5-10(12(8)16)13-21-11-6-9(15(17,18)19)7-20-14(11)22(13)2/h3-7H,1-2H3. The number of aryl methyl sites for hydroxylation is 2. The fraction of sp³-hybridized carbons (Fsp3) is 0.200. The third kappa shape index (κ3) is 2.22. The van der Waals surface area contributed by atoms with Crippen LogP contribution in [0.5, 0.6) is 0 Å². The molecule has 3 rings (SSSR count). The number of pyridine rings is 1. The van der Waals surface area contributed by atoms with Gasteiger partial charge in [0, 0.05) is 13.2 Å². The van der Waals surface area contributed by atoms with E-state index in [2.05, 4.69) is 9.97 Å². The lowest BCUT2D eigenvalue weighted by atomic mass is 10.1. The molecule has 22 heavy (non-hydrogen) atoms. The second-order valence-electron chi connectivity index (χ2n) is 5.00. The molecule has 0 radical (unpaired) electrons. The van der Waals surface area contributed by atoms with Gasteiger partial charge in [0.1, 0.15) is 17.2 Å². The maximum absolute atomic E-state index is 14.2. The molecule has 0 saturated carbocycles. The number of hydrogen-bond donors (Lipinski definition) is 0. The van der Waals surface area contributed by atoms with Gasteiger partial charge in [0.2, 0.25) is 0 Å². The lowest BCUT2D eigenvalue weighted by Crippen LogP contribution is -2.05. The number of fused-ring (bicyclic) bond motifs is 1. The average molecular weight is 309 g/mol. The molecule has 0 N–H and O–H groups in total. The van der Waals surface area contributed by atoms with Gasteiger partial charge in [-0.25, -0.2) is 14.4 Å². The predicted molar refractivity (Wildman–Crippen MR) is 73.6 cm³/mol. The zero-order valence-corrected chi connectivity index (χ0v) is 11.7. The normalized spacial score (nSPS) is 12.1. The van der Waals surface area contributed by atoms with Gasteiger partial charge in [-0.05, 0) is 24.6 Å². The number of imidazole rings is 1. The van der Waals surface area contributed by atoms with Gasteiger partial charge in [-0.1, -0.05) is 12.1 Å². The summed E-state index contributed by atoms with van der Waals surface area (Å²) in [4.78, 5) is 7.92. The molecule has 0 aliphatic carbocycles. The van der Waals surface area contributed by atoms with Crippen molar-refractivity contribution in [3.05, 3.63) is 47.4 Å². The first-order valence-corrected chi connectivity index (χ1v) is 6.44. The SMILES string of the molecule is Cc1cccc(-c2nc3cc(C(F)(F)F)cnc3n2C)c1F. The van der Waals surface area contributed by atoms with Crippen LogP contribution in [0.3, 0.4) is 0 Å². The molecule has 0 unspecified atom stereocenters. The van der Waals surface area contributed by atoms with Crippen LogP contribution in [0.15, 0.2) is 30.5 Å². The van der Waals surface area contributed by atoms with Gasteiger partial charge in [0.15, 0.2) is 5.65 Å². The molecule has 2 heterocycles. The van der Waals surface area contributed by atoms with Crippen molar-refractivity contribution in [2.45, 2.75) is 13.1 Å². The topological polar surface area (TPSA) is 30.7 Å². The van der Waals surface area contributed by atoms with E-state index in [-0.39, 0.29) is 22.6 Å². The number of halogens is 4. The zero-order valence-electron chi connectivity index (χ0n) is 11.7. The summed E-state index contributed by atoms with van der Waals surface area (Å²) in [7, 11) is 1.59. The first-order valence-electron chi connectivity index (χ1n) is 6.44. The number of nitrogens with zero attached hydrogens (tertiary/aromatic N) is 3. The monoisotopic (exact) mass is 309 g/mol. The largest absolute Gasteiger partial charge is 0.417 e. The summed E-state index contributed by atoms with van der Waals surface area (Å²) in [6.45, 7) is 1.61. The predicted octanol–water partition coefficient (Wildman–Crippen LogP) is 4.10. The molecule has 0 atom stereocenters. The first kappa shape index (κ1) is 14.5. The van der Waals surface area contributed by atoms with E-state index in [0.29, 0.717) is 5.56 Å². The quantitative estimate of drug-likeness (QED) is 0.634. The Hall–Kier alpha value is -2.44. The van der Waals surface area contributed by atoms with Crippen LogP contribution >= 0.6 is 0 Å². The maximum Gasteiger partial charge on any atom is 0.417 e. The van der Waals surface area contributed by atoms with E-state index in [1.807, 2.05) is 0 Å². The highest BCUT2D eigenvalue weighted by Gasteiger charge is 2.31. The number of benzene rings is 1. The van der Waals surface area contributed by atoms with Crippen LogP contribution in [0.2, 0.25) is 0 Å². The Morgan fingerprint density at radius 1 is 1.18 bits per heavy atom. The minimum Gasteiger partial charge on any atom is -0.312 e. The Bertz CT molecular complexity index is 865. The van der Waals surface area contributed by atoms with Crippen molar-refractivity contribution in [1.29, 1.82) is 0 Å². The average Bonchev–Trinajstić information content (AvgIpc) is 2.78. The minimum absolute atomic E-state index is 0.0771. The van der Waals surface area contributed by atoms with E-state index < -0.39 is 17.6 Å². The molecular weight excluding hydrogens is 298 g/mol. The van der Waals surface area contributed by atoms with Crippen molar-refractivity contribution in [3.63, 3.8) is 0 Å². The fourth-order valence-corrected chi connectivity index (χ4v) is 2.29. The smallest absolute Gasteiger partial charge is 0.312 e. The summed E-state index contributed by atoms with van der Waals surface area (Å²) in [6.07, 6.45) is -3.74. The molecule has 0 amide bonds. The third-order valence-electron chi connectivity index (χ3n) is 3.47. The maximum atomic E-state index is 14.2. The molecule has 0 aliphatic rings. The summed E-state index contributed by atoms with van der Waals surface area (Å²) < 4.78 is 53.9. The van der Waals surface area contributed by atoms with Gasteiger partial charge in [0.25, 0.3) is 0 Å². The highest BCUT2D eigenvalue weighted by atomic mass is 19.4. The van der Waals surface area contributed by atoms with Gasteiger partial charge in [0.05, 0.1) is 11.1 Å². The molecule has 3 aromatic rings. The molecule has 7 heteroatoms. The first-order chi connectivity index (χ1) is 10.3. The van der Waals surface area contributed by atoms with Crippen molar-refractivity contribution in [2.75, 3.05) is 0 Å². The summed E-state index contributed by atoms with van der Waals surface area (Å²) >= 11 is 0. The Morgan fingerprint density at radius 3 is 2.59 bits per heavy atom. The highest BCUT2D eigenvalue weighted by molar-refractivity contribution is 5.78. The minimum atomic E-state index is -4.49. The van der Waals surface area contributed by atoms with Crippen LogP contribution in [0.4, 0.5) is 17.6 Å². The Labute approximate surface area is 123 Å². The summed E-state index contributed by atoms with van der Waals surface area (Å²) in [5.74, 6) is -0.208. The molecule has 2 aromatic heterocycles. The van der Waals surface area contributed by atoms with Crippen molar-refractivity contribution >= 4 is 11.2 Å². The van der Waals surface area contributed by atoms with Gasteiger partial charge in [-0.2, -0.15) is 13.2 Å². The molecular formula is C15H11F4N3. The second kappa shape index (κ2) is 4.79. The Kier molecular flexibility index (Phi) is 3.16. The molecule has 1 aromatic carbocycles. The van der Waals surface area contributed by atoms with Crippen LogP contribution in [0.1, 0.15) is 11.1 Å². The number of aromatic nitrogens is 3. The number of hydrogen-bond acceptors (Lipinski definition) is 2. The van der Waals surface area contributed by atoms with Gasteiger partial charge >= 0.3 is 6.18 Å². The lowest BCUT2D eigenvalue weighted by molar-refractivity contribution is -0.137. The fourth-order valence-electron chi connectivity index (χ4n) is 2.29. The number of alkyl halides is 3. The molecule has 0 saturated heterocycles. The van der Waals surface area contributed by atoms with E-state index in [4.69, 9.17) is 0 Å². The molecule has 0 fully saturated rings. The zero-order chi connectivity index (χ0) is 16.1. The van der Waals surface area contributed by atoms with Gasteiger partial charge in [-0.15, -0.1) is 0 Å². The van der Waals surface area contributed by atoms with Crippen LogP contribution in [-0.2, 0) is 13.2 Å². The van der Waals surface area contributed by atoms with E-state index >= 15 is 0 Å². The van der Waals surface area contributed by atoms with Crippen molar-refractivity contribution < 1.29 is 17.6 Å². The van der Waals surface area contributed by atoms with Crippen LogP contribution in [0.25, 0.3) is 22.6 Å². The van der Waals surface area contributed by atoms with Gasteiger partial charge < -0.3 is 4.57 Å². The molecule has 0 aliphatic heterocycles. The van der Waals surface area contributed by atoms with Crippen LogP contribution < -0.4 is 0 Å². The summed E-state index contributed by atoms with van der Waals surface area (Å²) in [6, 6.07) is 5.73. The van der Waals surface area contributed by atoms with Crippen LogP contribution in [-0.4, -0.2) is 14.5 Å². The molecule has 3 nitrogen and oxygen atoms in total. The summed E-state index contributed by atoms with van der Waals surface area (Å²) in [5, 5.41) is 0.